The van der Waals surface area contributed by atoms with Gasteiger partial charge in [0.15, 0.2) is 11.2 Å². The lowest BCUT2D eigenvalue weighted by molar-refractivity contribution is -0.141. The van der Waals surface area contributed by atoms with Gasteiger partial charge < -0.3 is 14.5 Å². The molecular weight excluding hydrogens is 398 g/mol. The van der Waals surface area contributed by atoms with Crippen LogP contribution in [0, 0.1) is 17.2 Å². The number of rotatable bonds is 5. The number of benzene rings is 1. The van der Waals surface area contributed by atoms with Crippen molar-refractivity contribution in [1.82, 2.24) is 14.9 Å². The molecule has 2 aromatic heterocycles. The van der Waals surface area contributed by atoms with Gasteiger partial charge in [0.1, 0.15) is 22.2 Å². The fourth-order valence-electron chi connectivity index (χ4n) is 3.46. The molecule has 0 N–H and O–H groups in total. The minimum absolute atomic E-state index is 0.0161. The van der Waals surface area contributed by atoms with Crippen LogP contribution in [0.2, 0.25) is 0 Å². The summed E-state index contributed by atoms with van der Waals surface area (Å²) in [6, 6.07) is 13.0. The van der Waals surface area contributed by atoms with E-state index in [2.05, 4.69) is 20.9 Å². The number of nitrogens with zero attached hydrogens (tertiary/aromatic N) is 5. The molecule has 0 radical (unpaired) electrons. The second-order valence-electron chi connectivity index (χ2n) is 7.53. The van der Waals surface area contributed by atoms with Crippen LogP contribution < -0.4 is 9.64 Å². The number of hydrogen-bond acceptors (Lipinski definition) is 7. The van der Waals surface area contributed by atoms with Crippen molar-refractivity contribution in [3.8, 4) is 11.8 Å². The summed E-state index contributed by atoms with van der Waals surface area (Å²) in [4.78, 5) is 27.2. The molecule has 154 valence electrons. The van der Waals surface area contributed by atoms with Gasteiger partial charge >= 0.3 is 0 Å². The molecule has 1 aliphatic rings. The Morgan fingerprint density at radius 1 is 1.17 bits per heavy atom. The molecule has 0 saturated carbocycles. The monoisotopic (exact) mass is 421 g/mol. The quantitative estimate of drug-likeness (QED) is 0.629. The fraction of sp³-hybridized carbons (Fsp3) is 0.364. The number of nitriles is 1. The molecule has 30 heavy (non-hydrogen) atoms. The lowest BCUT2D eigenvalue weighted by Crippen LogP contribution is -2.53. The predicted octanol–water partition coefficient (Wildman–Crippen LogP) is 3.32. The zero-order valence-corrected chi connectivity index (χ0v) is 17.8. The van der Waals surface area contributed by atoms with Crippen LogP contribution in [-0.4, -0.2) is 53.1 Å². The van der Waals surface area contributed by atoms with Crippen LogP contribution in [0.25, 0.3) is 10.3 Å². The minimum atomic E-state index is -0.627. The molecule has 1 atom stereocenters. The number of anilines is 1. The number of piperazine rings is 1. The maximum Gasteiger partial charge on any atom is 0.264 e. The molecule has 0 bridgehead atoms. The van der Waals surface area contributed by atoms with Gasteiger partial charge in [-0.25, -0.2) is 9.97 Å². The number of thiazole rings is 1. The highest BCUT2D eigenvalue weighted by atomic mass is 32.1. The summed E-state index contributed by atoms with van der Waals surface area (Å²) < 4.78 is 6.02. The highest BCUT2D eigenvalue weighted by molar-refractivity contribution is 7.21. The molecular formula is C22H23N5O2S. The second kappa shape index (κ2) is 8.67. The molecule has 0 spiro atoms. The molecule has 1 amide bonds. The Morgan fingerprint density at radius 2 is 1.93 bits per heavy atom. The van der Waals surface area contributed by atoms with E-state index in [-0.39, 0.29) is 11.8 Å². The van der Waals surface area contributed by atoms with Gasteiger partial charge in [-0.2, -0.15) is 5.26 Å². The standard InChI is InChI=1S/C22H23N5O2S/c1-15(2)19(29-18-8-4-3-6-16(18)14-23)21(28)26-10-12-27(13-11-26)22-25-17-7-5-9-24-20(17)30-22/h3-9,15,19H,10-13H2,1-2H3. The summed E-state index contributed by atoms with van der Waals surface area (Å²) in [6.07, 6.45) is 1.15. The lowest BCUT2D eigenvalue weighted by Gasteiger charge is -2.37. The summed E-state index contributed by atoms with van der Waals surface area (Å²) >= 11 is 1.58. The molecule has 8 heteroatoms. The first-order chi connectivity index (χ1) is 14.6. The Hall–Kier alpha value is -3.18. The maximum absolute atomic E-state index is 13.2. The van der Waals surface area contributed by atoms with E-state index in [1.807, 2.05) is 36.9 Å². The van der Waals surface area contributed by atoms with Crippen LogP contribution in [0.1, 0.15) is 19.4 Å². The van der Waals surface area contributed by atoms with E-state index in [1.54, 1.807) is 35.7 Å². The van der Waals surface area contributed by atoms with E-state index in [0.29, 0.717) is 37.5 Å². The van der Waals surface area contributed by atoms with E-state index in [9.17, 15) is 10.1 Å². The van der Waals surface area contributed by atoms with Crippen LogP contribution >= 0.6 is 11.3 Å². The average Bonchev–Trinajstić information content (AvgIpc) is 3.21. The topological polar surface area (TPSA) is 82.4 Å². The molecule has 1 fully saturated rings. The van der Waals surface area contributed by atoms with Gasteiger partial charge in [-0.3, -0.25) is 4.79 Å². The molecule has 1 aliphatic heterocycles. The van der Waals surface area contributed by atoms with Crippen LogP contribution in [0.4, 0.5) is 5.13 Å². The van der Waals surface area contributed by atoms with Gasteiger partial charge in [-0.1, -0.05) is 37.3 Å². The molecule has 3 heterocycles. The van der Waals surface area contributed by atoms with Gasteiger partial charge in [-0.05, 0) is 30.2 Å². The zero-order valence-electron chi connectivity index (χ0n) is 17.0. The summed E-state index contributed by atoms with van der Waals surface area (Å²) in [5.74, 6) is 0.397. The first-order valence-corrected chi connectivity index (χ1v) is 10.8. The third-order valence-corrected chi connectivity index (χ3v) is 6.17. The van der Waals surface area contributed by atoms with Gasteiger partial charge in [0.2, 0.25) is 0 Å². The third-order valence-electron chi connectivity index (χ3n) is 5.13. The average molecular weight is 422 g/mol. The lowest BCUT2D eigenvalue weighted by atomic mass is 10.0. The number of carbonyl (C=O) groups is 1. The van der Waals surface area contributed by atoms with E-state index in [0.717, 1.165) is 15.5 Å². The summed E-state index contributed by atoms with van der Waals surface area (Å²) in [6.45, 7) is 6.56. The number of fused-ring (bicyclic) bond motifs is 1. The maximum atomic E-state index is 13.2. The Balaban J connectivity index is 1.43. The van der Waals surface area contributed by atoms with Crippen LogP contribution in [0.15, 0.2) is 42.6 Å². The third kappa shape index (κ3) is 4.07. The van der Waals surface area contributed by atoms with Crippen molar-refractivity contribution in [2.75, 3.05) is 31.1 Å². The van der Waals surface area contributed by atoms with Crippen LogP contribution in [0.5, 0.6) is 5.75 Å². The predicted molar refractivity (Wildman–Crippen MR) is 117 cm³/mol. The second-order valence-corrected chi connectivity index (χ2v) is 8.48. The van der Waals surface area contributed by atoms with Crippen LogP contribution in [0.3, 0.4) is 0 Å². The molecule has 7 nitrogen and oxygen atoms in total. The van der Waals surface area contributed by atoms with E-state index in [4.69, 9.17) is 4.74 Å². The van der Waals surface area contributed by atoms with Gasteiger partial charge in [0.05, 0.1) is 5.56 Å². The fourth-order valence-corrected chi connectivity index (χ4v) is 4.42. The SMILES string of the molecule is CC(C)C(Oc1ccccc1C#N)C(=O)N1CCN(c2nc3cccnc3s2)CC1. The smallest absolute Gasteiger partial charge is 0.264 e. The Bertz CT molecular complexity index is 1050. The van der Waals surface area contributed by atoms with Crippen molar-refractivity contribution in [1.29, 1.82) is 5.26 Å². The molecule has 3 aromatic rings. The van der Waals surface area contributed by atoms with Crippen molar-refractivity contribution in [2.24, 2.45) is 5.92 Å². The highest BCUT2D eigenvalue weighted by Gasteiger charge is 2.32. The molecule has 1 unspecified atom stereocenters. The van der Waals surface area contributed by atoms with Crippen molar-refractivity contribution >= 4 is 32.7 Å². The number of hydrogen-bond donors (Lipinski definition) is 0. The number of pyridine rings is 1. The molecule has 4 rings (SSSR count). The van der Waals surface area contributed by atoms with Gasteiger partial charge in [0.25, 0.3) is 5.91 Å². The van der Waals surface area contributed by atoms with Crippen molar-refractivity contribution in [3.05, 3.63) is 48.2 Å². The van der Waals surface area contributed by atoms with Gasteiger partial charge in [0, 0.05) is 32.4 Å². The van der Waals surface area contributed by atoms with Gasteiger partial charge in [-0.15, -0.1) is 0 Å². The Morgan fingerprint density at radius 3 is 2.63 bits per heavy atom. The summed E-state index contributed by atoms with van der Waals surface area (Å²) in [7, 11) is 0. The largest absolute Gasteiger partial charge is 0.479 e. The summed E-state index contributed by atoms with van der Waals surface area (Å²) in [5, 5.41) is 10.2. The van der Waals surface area contributed by atoms with Crippen molar-refractivity contribution < 1.29 is 9.53 Å². The van der Waals surface area contributed by atoms with Crippen LogP contribution in [-0.2, 0) is 4.79 Å². The van der Waals surface area contributed by atoms with E-state index >= 15 is 0 Å². The number of para-hydroxylation sites is 1. The first-order valence-electron chi connectivity index (χ1n) is 9.98. The number of amides is 1. The molecule has 0 aliphatic carbocycles. The van der Waals surface area contributed by atoms with E-state index < -0.39 is 6.10 Å². The number of carbonyl (C=O) groups excluding carboxylic acids is 1. The molecule has 1 saturated heterocycles. The van der Waals surface area contributed by atoms with Crippen molar-refractivity contribution in [2.45, 2.75) is 20.0 Å². The molecule has 1 aromatic carbocycles. The van der Waals surface area contributed by atoms with E-state index in [1.165, 1.54) is 0 Å². The Kier molecular flexibility index (Phi) is 5.81. The normalized spacial score (nSPS) is 15.3. The highest BCUT2D eigenvalue weighted by Crippen LogP contribution is 2.28. The zero-order chi connectivity index (χ0) is 21.1. The number of aromatic nitrogens is 2. The minimum Gasteiger partial charge on any atom is -0.479 e. The first kappa shape index (κ1) is 20.1. The van der Waals surface area contributed by atoms with Crippen molar-refractivity contribution in [3.63, 3.8) is 0 Å². The summed E-state index contributed by atoms with van der Waals surface area (Å²) in [5.41, 5.74) is 1.34. The number of ether oxygens (including phenoxy) is 1. The Labute approximate surface area is 179 Å².